The number of hydrogen-bond donors (Lipinski definition) is 2. The second kappa shape index (κ2) is 8.47. The van der Waals surface area contributed by atoms with Crippen molar-refractivity contribution in [2.45, 2.75) is 6.92 Å². The molecule has 0 aliphatic heterocycles. The van der Waals surface area contributed by atoms with Crippen molar-refractivity contribution < 1.29 is 4.79 Å². The van der Waals surface area contributed by atoms with Crippen LogP contribution in [0, 0.1) is 6.92 Å². The Morgan fingerprint density at radius 3 is 2.63 bits per heavy atom. The van der Waals surface area contributed by atoms with Crippen LogP contribution in [0.4, 0.5) is 11.5 Å². The summed E-state index contributed by atoms with van der Waals surface area (Å²) in [5.41, 5.74) is 2.63. The Labute approximate surface area is 163 Å². The van der Waals surface area contributed by atoms with Crippen molar-refractivity contribution in [3.05, 3.63) is 83.5 Å². The van der Waals surface area contributed by atoms with Gasteiger partial charge in [0.15, 0.2) is 5.82 Å². The highest BCUT2D eigenvalue weighted by atomic mass is 35.5. The minimum absolute atomic E-state index is 0.257. The summed E-state index contributed by atoms with van der Waals surface area (Å²) < 4.78 is 0. The van der Waals surface area contributed by atoms with Crippen molar-refractivity contribution in [3.8, 4) is 11.4 Å². The van der Waals surface area contributed by atoms with Gasteiger partial charge in [-0.15, -0.1) is 6.58 Å². The lowest BCUT2D eigenvalue weighted by Crippen LogP contribution is -2.16. The quantitative estimate of drug-likeness (QED) is 0.595. The van der Waals surface area contributed by atoms with Gasteiger partial charge in [0.25, 0.3) is 5.91 Å². The molecule has 0 saturated heterocycles. The Morgan fingerprint density at radius 2 is 1.93 bits per heavy atom. The van der Waals surface area contributed by atoms with Crippen LogP contribution in [0.3, 0.4) is 0 Å². The highest BCUT2D eigenvalue weighted by Gasteiger charge is 2.13. The number of nitrogens with one attached hydrogen (secondary N) is 2. The third kappa shape index (κ3) is 4.71. The number of carbonyl (C=O) groups is 1. The molecule has 0 fully saturated rings. The SMILES string of the molecule is C=CCNc1cc(C(=O)Nc2ccc(C)c(Cl)c2)nc(-c2ccccc2)n1. The number of aryl methyl sites for hydroxylation is 1. The van der Waals surface area contributed by atoms with Crippen LogP contribution in [0.1, 0.15) is 16.1 Å². The number of halogens is 1. The van der Waals surface area contributed by atoms with Crippen molar-refractivity contribution in [2.75, 3.05) is 17.2 Å². The molecule has 1 amide bonds. The van der Waals surface area contributed by atoms with Gasteiger partial charge in [-0.25, -0.2) is 9.97 Å². The third-order valence-corrected chi connectivity index (χ3v) is 4.26. The lowest BCUT2D eigenvalue weighted by Gasteiger charge is -2.10. The standard InChI is InChI=1S/C21H19ClN4O/c1-3-11-23-19-13-18(25-20(26-19)15-7-5-4-6-8-15)21(27)24-16-10-9-14(2)17(22)12-16/h3-10,12-13H,1,11H2,2H3,(H,24,27)(H,23,25,26). The maximum atomic E-state index is 12.7. The van der Waals surface area contributed by atoms with Crippen molar-refractivity contribution in [1.82, 2.24) is 9.97 Å². The maximum absolute atomic E-state index is 12.7. The molecule has 0 atom stereocenters. The zero-order valence-corrected chi connectivity index (χ0v) is 15.6. The largest absolute Gasteiger partial charge is 0.366 e. The summed E-state index contributed by atoms with van der Waals surface area (Å²) in [5, 5.41) is 6.53. The lowest BCUT2D eigenvalue weighted by molar-refractivity contribution is 0.102. The predicted molar refractivity (Wildman–Crippen MR) is 110 cm³/mol. The fraction of sp³-hybridized carbons (Fsp3) is 0.0952. The molecule has 27 heavy (non-hydrogen) atoms. The molecule has 0 aliphatic carbocycles. The molecule has 0 unspecified atom stereocenters. The number of benzene rings is 2. The van der Waals surface area contributed by atoms with E-state index in [1.54, 1.807) is 24.3 Å². The van der Waals surface area contributed by atoms with Gasteiger partial charge in [0.1, 0.15) is 11.5 Å². The van der Waals surface area contributed by atoms with Crippen molar-refractivity contribution in [3.63, 3.8) is 0 Å². The number of carbonyl (C=O) groups excluding carboxylic acids is 1. The summed E-state index contributed by atoms with van der Waals surface area (Å²) in [6, 6.07) is 16.5. The van der Waals surface area contributed by atoms with E-state index in [-0.39, 0.29) is 11.6 Å². The molecule has 136 valence electrons. The van der Waals surface area contributed by atoms with E-state index in [0.29, 0.717) is 28.9 Å². The molecule has 0 radical (unpaired) electrons. The Morgan fingerprint density at radius 1 is 1.15 bits per heavy atom. The molecule has 0 saturated carbocycles. The fourth-order valence-electron chi connectivity index (χ4n) is 2.41. The van der Waals surface area contributed by atoms with E-state index in [1.165, 1.54) is 0 Å². The minimum Gasteiger partial charge on any atom is -0.366 e. The molecule has 6 heteroatoms. The number of nitrogens with zero attached hydrogens (tertiary/aromatic N) is 2. The molecule has 3 rings (SSSR count). The third-order valence-electron chi connectivity index (χ3n) is 3.85. The van der Waals surface area contributed by atoms with Crippen LogP contribution >= 0.6 is 11.6 Å². The normalized spacial score (nSPS) is 10.3. The molecule has 5 nitrogen and oxygen atoms in total. The molecule has 2 aromatic carbocycles. The lowest BCUT2D eigenvalue weighted by atomic mass is 10.2. The average Bonchev–Trinajstić information content (AvgIpc) is 2.69. The summed E-state index contributed by atoms with van der Waals surface area (Å²) >= 11 is 6.13. The predicted octanol–water partition coefficient (Wildman–Crippen LogP) is 4.96. The van der Waals surface area contributed by atoms with E-state index in [1.807, 2.05) is 43.3 Å². The van der Waals surface area contributed by atoms with Crippen LogP contribution in [-0.4, -0.2) is 22.4 Å². The van der Waals surface area contributed by atoms with Crippen LogP contribution in [0.15, 0.2) is 67.3 Å². The first-order valence-electron chi connectivity index (χ1n) is 8.43. The molecular formula is C21H19ClN4O. The Balaban J connectivity index is 1.93. The Hall–Kier alpha value is -3.18. The summed E-state index contributed by atoms with van der Waals surface area (Å²) in [4.78, 5) is 21.6. The summed E-state index contributed by atoms with van der Waals surface area (Å²) in [5.74, 6) is 0.684. The topological polar surface area (TPSA) is 66.9 Å². The second-order valence-corrected chi connectivity index (χ2v) is 6.32. The summed E-state index contributed by atoms with van der Waals surface area (Å²) in [7, 11) is 0. The average molecular weight is 379 g/mol. The number of amides is 1. The van der Waals surface area contributed by atoms with Gasteiger partial charge in [0.05, 0.1) is 0 Å². The molecule has 2 N–H and O–H groups in total. The highest BCUT2D eigenvalue weighted by molar-refractivity contribution is 6.31. The van der Waals surface area contributed by atoms with Crippen LogP contribution in [-0.2, 0) is 0 Å². The molecular weight excluding hydrogens is 360 g/mol. The van der Waals surface area contributed by atoms with Gasteiger partial charge in [0, 0.05) is 28.9 Å². The molecule has 1 heterocycles. The molecule has 3 aromatic rings. The van der Waals surface area contributed by atoms with E-state index in [9.17, 15) is 4.79 Å². The smallest absolute Gasteiger partial charge is 0.274 e. The van der Waals surface area contributed by atoms with Crippen molar-refractivity contribution in [1.29, 1.82) is 0 Å². The van der Waals surface area contributed by atoms with Gasteiger partial charge in [-0.3, -0.25) is 4.79 Å². The number of hydrogen-bond acceptors (Lipinski definition) is 4. The van der Waals surface area contributed by atoms with E-state index >= 15 is 0 Å². The first-order chi connectivity index (χ1) is 13.1. The van der Waals surface area contributed by atoms with Gasteiger partial charge in [-0.05, 0) is 24.6 Å². The van der Waals surface area contributed by atoms with E-state index in [2.05, 4.69) is 27.2 Å². The van der Waals surface area contributed by atoms with Crippen LogP contribution in [0.5, 0.6) is 0 Å². The minimum atomic E-state index is -0.337. The summed E-state index contributed by atoms with van der Waals surface area (Å²) in [6.45, 7) is 6.12. The Kier molecular flexibility index (Phi) is 5.84. The molecule has 0 aliphatic rings. The van der Waals surface area contributed by atoms with E-state index < -0.39 is 0 Å². The highest BCUT2D eigenvalue weighted by Crippen LogP contribution is 2.22. The number of aromatic nitrogens is 2. The molecule has 0 spiro atoms. The second-order valence-electron chi connectivity index (χ2n) is 5.92. The Bertz CT molecular complexity index is 973. The van der Waals surface area contributed by atoms with Gasteiger partial charge in [-0.1, -0.05) is 54.1 Å². The van der Waals surface area contributed by atoms with E-state index in [0.717, 1.165) is 11.1 Å². The molecule has 0 bridgehead atoms. The van der Waals surface area contributed by atoms with Gasteiger partial charge in [-0.2, -0.15) is 0 Å². The van der Waals surface area contributed by atoms with Crippen molar-refractivity contribution >= 4 is 29.0 Å². The fourth-order valence-corrected chi connectivity index (χ4v) is 2.59. The van der Waals surface area contributed by atoms with Gasteiger partial charge < -0.3 is 10.6 Å². The maximum Gasteiger partial charge on any atom is 0.274 e. The molecule has 1 aromatic heterocycles. The number of anilines is 2. The van der Waals surface area contributed by atoms with Crippen LogP contribution in [0.25, 0.3) is 11.4 Å². The van der Waals surface area contributed by atoms with Crippen LogP contribution < -0.4 is 10.6 Å². The van der Waals surface area contributed by atoms with Gasteiger partial charge in [0.2, 0.25) is 0 Å². The first-order valence-corrected chi connectivity index (χ1v) is 8.81. The first kappa shape index (κ1) is 18.6. The number of rotatable bonds is 6. The summed E-state index contributed by atoms with van der Waals surface area (Å²) in [6.07, 6.45) is 1.72. The van der Waals surface area contributed by atoms with Crippen molar-refractivity contribution in [2.24, 2.45) is 0 Å². The monoisotopic (exact) mass is 378 g/mol. The zero-order chi connectivity index (χ0) is 19.2. The van der Waals surface area contributed by atoms with Gasteiger partial charge >= 0.3 is 0 Å². The van der Waals surface area contributed by atoms with E-state index in [4.69, 9.17) is 11.6 Å². The zero-order valence-electron chi connectivity index (χ0n) is 14.9. The van der Waals surface area contributed by atoms with Crippen LogP contribution in [0.2, 0.25) is 5.02 Å².